The number of hydrogen-bond acceptors (Lipinski definition) is 3. The van der Waals surface area contributed by atoms with Crippen molar-refractivity contribution in [1.29, 1.82) is 0 Å². The van der Waals surface area contributed by atoms with E-state index in [1.165, 1.54) is 16.9 Å². The summed E-state index contributed by atoms with van der Waals surface area (Å²) in [7, 11) is -2.03. The first-order valence-electron chi connectivity index (χ1n) is 5.59. The smallest absolute Gasteiger partial charge is 0.278 e. The summed E-state index contributed by atoms with van der Waals surface area (Å²) in [5, 5.41) is 4.01. The van der Waals surface area contributed by atoms with Gasteiger partial charge < -0.3 is 0 Å². The highest BCUT2D eigenvalue weighted by molar-refractivity contribution is 9.10. The number of halogens is 1. The number of hydrogen-bond donors (Lipinski definition) is 1. The molecule has 2 aromatic rings. The van der Waals surface area contributed by atoms with Crippen LogP contribution >= 0.6 is 15.9 Å². The molecular weight excluding hydrogens is 330 g/mol. The number of aromatic nitrogens is 2. The van der Waals surface area contributed by atoms with Gasteiger partial charge in [-0.2, -0.15) is 13.5 Å². The van der Waals surface area contributed by atoms with Gasteiger partial charge in [-0.1, -0.05) is 15.9 Å². The van der Waals surface area contributed by atoms with Gasteiger partial charge in [0.05, 0.1) is 11.9 Å². The number of anilines is 1. The van der Waals surface area contributed by atoms with Crippen LogP contribution in [0.3, 0.4) is 0 Å². The zero-order valence-electron chi connectivity index (χ0n) is 10.8. The number of nitrogens with zero attached hydrogens (tertiary/aromatic N) is 2. The van der Waals surface area contributed by atoms with Crippen LogP contribution in [0.2, 0.25) is 0 Å². The molecule has 0 radical (unpaired) electrons. The van der Waals surface area contributed by atoms with Crippen LogP contribution < -0.4 is 4.72 Å². The molecular formula is C12H14BrN3O2S. The van der Waals surface area contributed by atoms with Crippen molar-refractivity contribution < 1.29 is 8.42 Å². The van der Waals surface area contributed by atoms with Gasteiger partial charge >= 0.3 is 0 Å². The Labute approximate surface area is 120 Å². The maximum absolute atomic E-state index is 12.3. The van der Waals surface area contributed by atoms with Gasteiger partial charge in [0.2, 0.25) is 0 Å². The second-order valence-electron chi connectivity index (χ2n) is 4.31. The van der Waals surface area contributed by atoms with E-state index in [2.05, 4.69) is 25.8 Å². The highest BCUT2D eigenvalue weighted by Gasteiger charge is 2.19. The molecule has 0 aliphatic carbocycles. The fourth-order valence-electron chi connectivity index (χ4n) is 1.88. The standard InChI is InChI=1S/C12H14BrN3O2S/c1-8-6-10(13)7-9(2)12(8)15-19(17,18)11-4-5-14-16(11)3/h4-7,15H,1-3H3. The molecule has 1 aromatic heterocycles. The zero-order chi connectivity index (χ0) is 14.2. The maximum atomic E-state index is 12.3. The Morgan fingerprint density at radius 3 is 2.32 bits per heavy atom. The molecule has 0 saturated heterocycles. The quantitative estimate of drug-likeness (QED) is 0.931. The minimum Gasteiger partial charge on any atom is -0.278 e. The van der Waals surface area contributed by atoms with Gasteiger partial charge in [-0.3, -0.25) is 9.40 Å². The molecule has 0 spiro atoms. The van der Waals surface area contributed by atoms with E-state index >= 15 is 0 Å². The lowest BCUT2D eigenvalue weighted by atomic mass is 10.1. The van der Waals surface area contributed by atoms with E-state index in [9.17, 15) is 8.42 Å². The summed E-state index contributed by atoms with van der Waals surface area (Å²) in [5.74, 6) is 0. The third-order valence-corrected chi connectivity index (χ3v) is 4.67. The predicted octanol–water partition coefficient (Wildman–Crippen LogP) is 2.60. The monoisotopic (exact) mass is 343 g/mol. The Hall–Kier alpha value is -1.34. The summed E-state index contributed by atoms with van der Waals surface area (Å²) in [6, 6.07) is 5.20. The van der Waals surface area contributed by atoms with Crippen molar-refractivity contribution in [2.24, 2.45) is 7.05 Å². The lowest BCUT2D eigenvalue weighted by Gasteiger charge is -2.13. The molecule has 0 saturated carbocycles. The van der Waals surface area contributed by atoms with Gasteiger partial charge in [0, 0.05) is 11.5 Å². The number of rotatable bonds is 3. The number of aryl methyl sites for hydroxylation is 3. The first kappa shape index (κ1) is 14.1. The van der Waals surface area contributed by atoms with Crippen molar-refractivity contribution in [3.8, 4) is 0 Å². The summed E-state index contributed by atoms with van der Waals surface area (Å²) in [6.45, 7) is 3.72. The van der Waals surface area contributed by atoms with Crippen LogP contribution in [-0.4, -0.2) is 18.2 Å². The van der Waals surface area contributed by atoms with Crippen LogP contribution in [0.4, 0.5) is 5.69 Å². The van der Waals surface area contributed by atoms with E-state index in [0.29, 0.717) is 5.69 Å². The SMILES string of the molecule is Cc1cc(Br)cc(C)c1NS(=O)(=O)c1ccnn1C. The fourth-order valence-corrected chi connectivity index (χ4v) is 3.90. The first-order valence-corrected chi connectivity index (χ1v) is 7.86. The van der Waals surface area contributed by atoms with Gasteiger partial charge in [-0.15, -0.1) is 0 Å². The van der Waals surface area contributed by atoms with Crippen LogP contribution in [0.1, 0.15) is 11.1 Å². The Morgan fingerprint density at radius 1 is 1.26 bits per heavy atom. The van der Waals surface area contributed by atoms with Gasteiger partial charge in [-0.05, 0) is 43.2 Å². The zero-order valence-corrected chi connectivity index (χ0v) is 13.2. The fraction of sp³-hybridized carbons (Fsp3) is 0.250. The van der Waals surface area contributed by atoms with E-state index < -0.39 is 10.0 Å². The third kappa shape index (κ3) is 2.82. The number of nitrogens with one attached hydrogen (secondary N) is 1. The molecule has 2 rings (SSSR count). The van der Waals surface area contributed by atoms with Crippen LogP contribution in [0.5, 0.6) is 0 Å². The van der Waals surface area contributed by atoms with E-state index in [-0.39, 0.29) is 5.03 Å². The number of sulfonamides is 1. The highest BCUT2D eigenvalue weighted by atomic mass is 79.9. The van der Waals surface area contributed by atoms with Crippen LogP contribution in [-0.2, 0) is 17.1 Å². The van der Waals surface area contributed by atoms with Crippen molar-refractivity contribution in [3.05, 3.63) is 40.0 Å². The van der Waals surface area contributed by atoms with Crippen molar-refractivity contribution in [2.75, 3.05) is 4.72 Å². The molecule has 102 valence electrons. The van der Waals surface area contributed by atoms with Gasteiger partial charge in [0.25, 0.3) is 10.0 Å². The minimum atomic E-state index is -3.62. The molecule has 0 atom stereocenters. The van der Waals surface area contributed by atoms with E-state index in [0.717, 1.165) is 15.6 Å². The molecule has 19 heavy (non-hydrogen) atoms. The Morgan fingerprint density at radius 2 is 1.84 bits per heavy atom. The van der Waals surface area contributed by atoms with Crippen molar-refractivity contribution in [2.45, 2.75) is 18.9 Å². The summed E-state index contributed by atoms with van der Waals surface area (Å²) < 4.78 is 29.4. The second kappa shape index (κ2) is 4.97. The van der Waals surface area contributed by atoms with E-state index in [4.69, 9.17) is 0 Å². The number of benzene rings is 1. The Bertz CT molecular complexity index is 699. The molecule has 1 N–H and O–H groups in total. The third-order valence-electron chi connectivity index (χ3n) is 2.79. The van der Waals surface area contributed by atoms with E-state index in [1.54, 1.807) is 7.05 Å². The molecule has 0 bridgehead atoms. The summed E-state index contributed by atoms with van der Waals surface area (Å²) in [5.41, 5.74) is 2.32. The summed E-state index contributed by atoms with van der Waals surface area (Å²) in [4.78, 5) is 0. The molecule has 0 aliphatic heterocycles. The molecule has 0 amide bonds. The average Bonchev–Trinajstić information content (AvgIpc) is 2.70. The molecule has 0 unspecified atom stereocenters. The summed E-state index contributed by atoms with van der Waals surface area (Å²) in [6.07, 6.45) is 1.45. The van der Waals surface area contributed by atoms with Crippen LogP contribution in [0.25, 0.3) is 0 Å². The Kier molecular flexibility index (Phi) is 3.69. The molecule has 1 aromatic carbocycles. The largest absolute Gasteiger partial charge is 0.279 e. The Balaban J connectivity index is 2.45. The van der Waals surface area contributed by atoms with Crippen molar-refractivity contribution >= 4 is 31.6 Å². The van der Waals surface area contributed by atoms with Crippen LogP contribution in [0.15, 0.2) is 33.9 Å². The van der Waals surface area contributed by atoms with Gasteiger partial charge in [0.15, 0.2) is 5.03 Å². The molecule has 7 heteroatoms. The first-order chi connectivity index (χ1) is 8.81. The highest BCUT2D eigenvalue weighted by Crippen LogP contribution is 2.27. The predicted molar refractivity (Wildman–Crippen MR) is 77.6 cm³/mol. The molecule has 5 nitrogen and oxygen atoms in total. The lowest BCUT2D eigenvalue weighted by Crippen LogP contribution is -2.18. The molecule has 0 fully saturated rings. The normalized spacial score (nSPS) is 11.6. The van der Waals surface area contributed by atoms with E-state index in [1.807, 2.05) is 26.0 Å². The minimum absolute atomic E-state index is 0.134. The topological polar surface area (TPSA) is 64.0 Å². The van der Waals surface area contributed by atoms with Gasteiger partial charge in [-0.25, -0.2) is 0 Å². The van der Waals surface area contributed by atoms with Crippen molar-refractivity contribution in [3.63, 3.8) is 0 Å². The van der Waals surface area contributed by atoms with Gasteiger partial charge in [0.1, 0.15) is 0 Å². The molecule has 1 heterocycles. The van der Waals surface area contributed by atoms with Crippen LogP contribution in [0, 0.1) is 13.8 Å². The lowest BCUT2D eigenvalue weighted by molar-refractivity contribution is 0.582. The maximum Gasteiger partial charge on any atom is 0.279 e. The summed E-state index contributed by atoms with van der Waals surface area (Å²) >= 11 is 3.39. The average molecular weight is 344 g/mol. The van der Waals surface area contributed by atoms with Crippen molar-refractivity contribution in [1.82, 2.24) is 9.78 Å². The second-order valence-corrected chi connectivity index (χ2v) is 6.86. The molecule has 0 aliphatic rings.